The Morgan fingerprint density at radius 3 is 2.09 bits per heavy atom. The summed E-state index contributed by atoms with van der Waals surface area (Å²) in [5.74, 6) is -2.12. The molecule has 0 aromatic heterocycles. The van der Waals surface area contributed by atoms with E-state index < -0.39 is 29.8 Å². The number of hydrogen-bond donors (Lipinski definition) is 1. The molecule has 0 amide bonds. The highest BCUT2D eigenvalue weighted by atomic mass is 32.2. The lowest BCUT2D eigenvalue weighted by atomic mass is 9.92. The molecule has 1 N–H and O–H groups in total. The Labute approximate surface area is 191 Å². The van der Waals surface area contributed by atoms with Crippen molar-refractivity contribution in [3.63, 3.8) is 0 Å². The first-order valence-electron chi connectivity index (χ1n) is 10.4. The number of halogens is 3. The highest BCUT2D eigenvalue weighted by Gasteiger charge is 2.64. The quantitative estimate of drug-likeness (QED) is 0.343. The predicted octanol–water partition coefficient (Wildman–Crippen LogP) is 5.59. The third kappa shape index (κ3) is 5.85. The minimum absolute atomic E-state index is 0.342. The Balaban J connectivity index is 2.45. The molecule has 1 unspecified atom stereocenters. The molecule has 8 heteroatoms. The van der Waals surface area contributed by atoms with Crippen molar-refractivity contribution >= 4 is 17.7 Å². The van der Waals surface area contributed by atoms with Gasteiger partial charge in [-0.25, -0.2) is 4.79 Å². The molecule has 0 aliphatic carbocycles. The SMILES string of the molecule is CCC[C@@H](Sc1ccccc1)[C@@H](OC(=O)C(OC)(c1ccccc1)C(F)(F)F)[C@@H](C)CO. The number of aliphatic hydroxyl groups is 1. The van der Waals surface area contributed by atoms with Crippen molar-refractivity contribution in [1.29, 1.82) is 0 Å². The molecule has 0 aliphatic rings. The lowest BCUT2D eigenvalue weighted by molar-refractivity contribution is -0.279. The Hall–Kier alpha value is -2.03. The summed E-state index contributed by atoms with van der Waals surface area (Å²) in [5, 5.41) is 9.43. The van der Waals surface area contributed by atoms with Crippen LogP contribution in [0.5, 0.6) is 0 Å². The highest BCUT2D eigenvalue weighted by molar-refractivity contribution is 8.00. The number of ether oxygens (including phenoxy) is 2. The molecule has 176 valence electrons. The summed E-state index contributed by atoms with van der Waals surface area (Å²) in [7, 11) is 0.842. The number of esters is 1. The van der Waals surface area contributed by atoms with Crippen LogP contribution in [0.15, 0.2) is 65.6 Å². The number of benzene rings is 2. The molecule has 0 bridgehead atoms. The average Bonchev–Trinajstić information content (AvgIpc) is 2.78. The van der Waals surface area contributed by atoms with Crippen LogP contribution in [-0.2, 0) is 19.9 Å². The van der Waals surface area contributed by atoms with E-state index in [2.05, 4.69) is 0 Å². The van der Waals surface area contributed by atoms with Crippen LogP contribution in [-0.4, -0.2) is 42.3 Å². The Morgan fingerprint density at radius 1 is 1.06 bits per heavy atom. The van der Waals surface area contributed by atoms with Crippen LogP contribution in [0, 0.1) is 5.92 Å². The fourth-order valence-corrected chi connectivity index (χ4v) is 4.98. The van der Waals surface area contributed by atoms with E-state index >= 15 is 0 Å². The van der Waals surface area contributed by atoms with Gasteiger partial charge in [-0.2, -0.15) is 13.2 Å². The van der Waals surface area contributed by atoms with E-state index in [0.717, 1.165) is 18.4 Å². The predicted molar refractivity (Wildman–Crippen MR) is 118 cm³/mol. The molecular weight excluding hydrogens is 441 g/mol. The number of carbonyl (C=O) groups is 1. The van der Waals surface area contributed by atoms with Gasteiger partial charge in [0.15, 0.2) is 0 Å². The van der Waals surface area contributed by atoms with Crippen molar-refractivity contribution in [1.82, 2.24) is 0 Å². The summed E-state index contributed by atoms with van der Waals surface area (Å²) >= 11 is 1.42. The minimum Gasteiger partial charge on any atom is -0.458 e. The van der Waals surface area contributed by atoms with Crippen molar-refractivity contribution in [3.05, 3.63) is 66.2 Å². The molecule has 0 heterocycles. The van der Waals surface area contributed by atoms with Crippen LogP contribution in [0.25, 0.3) is 0 Å². The maximum atomic E-state index is 14.3. The van der Waals surface area contributed by atoms with Crippen molar-refractivity contribution < 1.29 is 32.5 Å². The number of methoxy groups -OCH3 is 1. The van der Waals surface area contributed by atoms with Crippen LogP contribution in [0.3, 0.4) is 0 Å². The number of carbonyl (C=O) groups excluding carboxylic acids is 1. The second-order valence-electron chi connectivity index (χ2n) is 7.54. The second-order valence-corrected chi connectivity index (χ2v) is 8.85. The molecular formula is C24H29F3O4S. The van der Waals surface area contributed by atoms with E-state index in [1.807, 2.05) is 37.3 Å². The molecule has 0 radical (unpaired) electrons. The smallest absolute Gasteiger partial charge is 0.432 e. The molecule has 32 heavy (non-hydrogen) atoms. The van der Waals surface area contributed by atoms with Gasteiger partial charge in [-0.15, -0.1) is 11.8 Å². The van der Waals surface area contributed by atoms with Crippen molar-refractivity contribution in [2.75, 3.05) is 13.7 Å². The van der Waals surface area contributed by atoms with Crippen LogP contribution < -0.4 is 0 Å². The fourth-order valence-electron chi connectivity index (χ4n) is 3.50. The Kier molecular flexibility index (Phi) is 9.61. The Morgan fingerprint density at radius 2 is 1.62 bits per heavy atom. The summed E-state index contributed by atoms with van der Waals surface area (Å²) in [4.78, 5) is 14.1. The number of alkyl halides is 3. The lowest BCUT2D eigenvalue weighted by Gasteiger charge is -2.36. The molecule has 4 atom stereocenters. The van der Waals surface area contributed by atoms with Crippen LogP contribution in [0.2, 0.25) is 0 Å². The lowest BCUT2D eigenvalue weighted by Crippen LogP contribution is -2.54. The van der Waals surface area contributed by atoms with E-state index in [1.165, 1.54) is 36.0 Å². The summed E-state index contributed by atoms with van der Waals surface area (Å²) < 4.78 is 53.2. The molecule has 0 saturated heterocycles. The standard InChI is InChI=1S/C24H29F3O4S/c1-4-11-20(32-19-14-9-6-10-15-19)21(17(2)16-28)31-22(29)23(30-3,24(25,26)27)18-12-7-5-8-13-18/h5-10,12-15,17,20-21,28H,4,11,16H2,1-3H3/t17-,20+,21-,23?/m0/s1. The largest absolute Gasteiger partial charge is 0.458 e. The number of aliphatic hydroxyl groups excluding tert-OH is 1. The van der Waals surface area contributed by atoms with Gasteiger partial charge in [0.25, 0.3) is 5.60 Å². The molecule has 0 fully saturated rings. The first kappa shape index (κ1) is 26.2. The first-order chi connectivity index (χ1) is 15.2. The third-order valence-corrected chi connectivity index (χ3v) is 6.59. The zero-order valence-electron chi connectivity index (χ0n) is 18.3. The van der Waals surface area contributed by atoms with Gasteiger partial charge in [0.2, 0.25) is 0 Å². The van der Waals surface area contributed by atoms with Gasteiger partial charge in [0.05, 0.1) is 0 Å². The minimum atomic E-state index is -5.06. The van der Waals surface area contributed by atoms with Crippen LogP contribution >= 0.6 is 11.8 Å². The van der Waals surface area contributed by atoms with E-state index in [4.69, 9.17) is 9.47 Å². The fraction of sp³-hybridized carbons (Fsp3) is 0.458. The second kappa shape index (κ2) is 11.7. The normalized spacial score (nSPS) is 16.6. The van der Waals surface area contributed by atoms with Crippen molar-refractivity contribution in [2.24, 2.45) is 5.92 Å². The maximum absolute atomic E-state index is 14.3. The molecule has 4 nitrogen and oxygen atoms in total. The molecule has 2 aromatic rings. The van der Waals surface area contributed by atoms with E-state index in [0.29, 0.717) is 6.42 Å². The zero-order valence-corrected chi connectivity index (χ0v) is 19.2. The van der Waals surface area contributed by atoms with E-state index in [9.17, 15) is 23.1 Å². The van der Waals surface area contributed by atoms with Crippen LogP contribution in [0.4, 0.5) is 13.2 Å². The summed E-state index contributed by atoms with van der Waals surface area (Å²) in [6.07, 6.45) is -4.71. The van der Waals surface area contributed by atoms with Crippen LogP contribution in [0.1, 0.15) is 32.3 Å². The number of hydrogen-bond acceptors (Lipinski definition) is 5. The third-order valence-electron chi connectivity index (χ3n) is 5.24. The van der Waals surface area contributed by atoms with Gasteiger partial charge in [0.1, 0.15) is 6.10 Å². The topological polar surface area (TPSA) is 55.8 Å². The number of rotatable bonds is 11. The molecule has 0 aliphatic heterocycles. The first-order valence-corrected chi connectivity index (χ1v) is 11.3. The molecule has 0 saturated carbocycles. The summed E-state index contributed by atoms with van der Waals surface area (Å²) in [5.41, 5.74) is -3.63. The summed E-state index contributed by atoms with van der Waals surface area (Å²) in [6.45, 7) is 3.25. The zero-order chi connectivity index (χ0) is 23.8. The van der Waals surface area contributed by atoms with Gasteiger partial charge >= 0.3 is 12.1 Å². The highest BCUT2D eigenvalue weighted by Crippen LogP contribution is 2.44. The monoisotopic (exact) mass is 470 g/mol. The number of thioether (sulfide) groups is 1. The molecule has 2 rings (SSSR count). The van der Waals surface area contributed by atoms with Crippen molar-refractivity contribution in [2.45, 2.75) is 54.7 Å². The van der Waals surface area contributed by atoms with Gasteiger partial charge in [-0.3, -0.25) is 0 Å². The van der Waals surface area contributed by atoms with Crippen molar-refractivity contribution in [3.8, 4) is 0 Å². The van der Waals surface area contributed by atoms with Gasteiger partial charge in [-0.1, -0.05) is 68.8 Å². The van der Waals surface area contributed by atoms with E-state index in [-0.39, 0.29) is 17.4 Å². The average molecular weight is 471 g/mol. The van der Waals surface area contributed by atoms with E-state index in [1.54, 1.807) is 13.0 Å². The Bertz CT molecular complexity index is 832. The van der Waals surface area contributed by atoms with Gasteiger partial charge < -0.3 is 14.6 Å². The molecule has 0 spiro atoms. The van der Waals surface area contributed by atoms with Gasteiger partial charge in [0, 0.05) is 35.3 Å². The molecule has 2 aromatic carbocycles. The van der Waals surface area contributed by atoms with Gasteiger partial charge in [-0.05, 0) is 18.6 Å². The summed E-state index contributed by atoms with van der Waals surface area (Å²) in [6, 6.07) is 16.1. The maximum Gasteiger partial charge on any atom is 0.432 e.